The molecule has 1 aromatic heterocycles. The lowest BCUT2D eigenvalue weighted by atomic mass is 10.1. The molecule has 5 nitrogen and oxygen atoms in total. The first-order chi connectivity index (χ1) is 9.18. The van der Waals surface area contributed by atoms with Gasteiger partial charge in [-0.1, -0.05) is 17.7 Å². The Labute approximate surface area is 116 Å². The monoisotopic (exact) mass is 278 g/mol. The molecular weight excluding hydrogens is 264 g/mol. The first-order valence-corrected chi connectivity index (χ1v) is 6.44. The quantitative estimate of drug-likeness (QED) is 0.823. The molecule has 2 N–H and O–H groups in total. The SMILES string of the molecule is Cc1c(Cl)cccc1C(=O)NCCCc1ncn[nH]1. The summed E-state index contributed by atoms with van der Waals surface area (Å²) in [5.74, 6) is 0.728. The number of benzene rings is 1. The van der Waals surface area contributed by atoms with E-state index in [1.165, 1.54) is 6.33 Å². The predicted molar refractivity (Wildman–Crippen MR) is 73.2 cm³/mol. The summed E-state index contributed by atoms with van der Waals surface area (Å²) >= 11 is 5.99. The number of halogens is 1. The van der Waals surface area contributed by atoms with E-state index in [2.05, 4.69) is 20.5 Å². The average molecular weight is 279 g/mol. The number of H-pyrrole nitrogens is 1. The van der Waals surface area contributed by atoms with Crippen molar-refractivity contribution in [3.8, 4) is 0 Å². The van der Waals surface area contributed by atoms with E-state index in [9.17, 15) is 4.79 Å². The highest BCUT2D eigenvalue weighted by Crippen LogP contribution is 2.18. The van der Waals surface area contributed by atoms with Crippen LogP contribution >= 0.6 is 11.6 Å². The van der Waals surface area contributed by atoms with Crippen molar-refractivity contribution in [1.29, 1.82) is 0 Å². The van der Waals surface area contributed by atoms with Crippen LogP contribution in [0.4, 0.5) is 0 Å². The van der Waals surface area contributed by atoms with E-state index in [1.54, 1.807) is 18.2 Å². The van der Waals surface area contributed by atoms with Gasteiger partial charge in [0.2, 0.25) is 0 Å². The van der Waals surface area contributed by atoms with Gasteiger partial charge < -0.3 is 5.32 Å². The molecule has 100 valence electrons. The Bertz CT molecular complexity index is 554. The number of nitrogens with one attached hydrogen (secondary N) is 2. The second-order valence-electron chi connectivity index (χ2n) is 4.20. The van der Waals surface area contributed by atoms with Gasteiger partial charge in [-0.15, -0.1) is 0 Å². The molecule has 0 fully saturated rings. The summed E-state index contributed by atoms with van der Waals surface area (Å²) in [4.78, 5) is 16.0. The highest BCUT2D eigenvalue weighted by Gasteiger charge is 2.10. The molecule has 0 saturated carbocycles. The van der Waals surface area contributed by atoms with Crippen LogP contribution < -0.4 is 5.32 Å². The smallest absolute Gasteiger partial charge is 0.251 e. The van der Waals surface area contributed by atoms with Crippen LogP contribution in [0, 0.1) is 6.92 Å². The van der Waals surface area contributed by atoms with E-state index in [-0.39, 0.29) is 5.91 Å². The maximum Gasteiger partial charge on any atom is 0.251 e. The molecule has 0 bridgehead atoms. The van der Waals surface area contributed by atoms with E-state index < -0.39 is 0 Å². The van der Waals surface area contributed by atoms with E-state index in [0.29, 0.717) is 17.1 Å². The number of aryl methyl sites for hydroxylation is 1. The number of nitrogens with zero attached hydrogens (tertiary/aromatic N) is 2. The van der Waals surface area contributed by atoms with Crippen LogP contribution in [-0.4, -0.2) is 27.6 Å². The molecule has 1 heterocycles. The van der Waals surface area contributed by atoms with Crippen molar-refractivity contribution < 1.29 is 4.79 Å². The van der Waals surface area contributed by atoms with Crippen molar-refractivity contribution in [1.82, 2.24) is 20.5 Å². The average Bonchev–Trinajstić information content (AvgIpc) is 2.91. The zero-order chi connectivity index (χ0) is 13.7. The van der Waals surface area contributed by atoms with Gasteiger partial charge in [-0.3, -0.25) is 9.89 Å². The van der Waals surface area contributed by atoms with E-state index in [4.69, 9.17) is 11.6 Å². The zero-order valence-electron chi connectivity index (χ0n) is 10.6. The van der Waals surface area contributed by atoms with E-state index in [1.807, 2.05) is 6.92 Å². The molecule has 0 aliphatic heterocycles. The predicted octanol–water partition coefficient (Wildman–Crippen LogP) is 2.13. The standard InChI is InChI=1S/C13H15ClN4O/c1-9-10(4-2-5-11(9)14)13(19)15-7-3-6-12-16-8-17-18-12/h2,4-5,8H,3,6-7H2,1H3,(H,15,19)(H,16,17,18). The number of amides is 1. The molecule has 0 radical (unpaired) electrons. The Morgan fingerprint density at radius 3 is 3.05 bits per heavy atom. The third-order valence-corrected chi connectivity index (χ3v) is 3.26. The normalized spacial score (nSPS) is 10.4. The maximum atomic E-state index is 12.0. The number of carbonyl (C=O) groups excluding carboxylic acids is 1. The zero-order valence-corrected chi connectivity index (χ0v) is 11.4. The Balaban J connectivity index is 1.83. The summed E-state index contributed by atoms with van der Waals surface area (Å²) in [5.41, 5.74) is 1.42. The minimum absolute atomic E-state index is 0.0995. The fourth-order valence-corrected chi connectivity index (χ4v) is 1.93. The molecule has 0 unspecified atom stereocenters. The molecule has 1 amide bonds. The van der Waals surface area contributed by atoms with Crippen molar-refractivity contribution >= 4 is 17.5 Å². The molecule has 1 aromatic carbocycles. The fourth-order valence-electron chi connectivity index (χ4n) is 1.76. The largest absolute Gasteiger partial charge is 0.352 e. The first kappa shape index (κ1) is 13.5. The molecule has 19 heavy (non-hydrogen) atoms. The second-order valence-corrected chi connectivity index (χ2v) is 4.61. The number of carbonyl (C=O) groups is 1. The van der Waals surface area contributed by atoms with Crippen LogP contribution in [0.25, 0.3) is 0 Å². The molecule has 0 aliphatic carbocycles. The van der Waals surface area contributed by atoms with E-state index >= 15 is 0 Å². The minimum atomic E-state index is -0.0995. The van der Waals surface area contributed by atoms with Gasteiger partial charge in [0.15, 0.2) is 0 Å². The van der Waals surface area contributed by atoms with Crippen molar-refractivity contribution in [2.24, 2.45) is 0 Å². The van der Waals surface area contributed by atoms with Crippen molar-refractivity contribution in [3.63, 3.8) is 0 Å². The van der Waals surface area contributed by atoms with Crippen molar-refractivity contribution in [2.45, 2.75) is 19.8 Å². The van der Waals surface area contributed by atoms with Gasteiger partial charge in [0.25, 0.3) is 5.91 Å². The van der Waals surface area contributed by atoms with Gasteiger partial charge in [-0.25, -0.2) is 4.98 Å². The minimum Gasteiger partial charge on any atom is -0.352 e. The Morgan fingerprint density at radius 2 is 2.32 bits per heavy atom. The van der Waals surface area contributed by atoms with Crippen LogP contribution in [0.3, 0.4) is 0 Å². The Hall–Kier alpha value is -1.88. The first-order valence-electron chi connectivity index (χ1n) is 6.06. The number of aromatic amines is 1. The van der Waals surface area contributed by atoms with Crippen LogP contribution in [-0.2, 0) is 6.42 Å². The molecule has 2 rings (SSSR count). The summed E-state index contributed by atoms with van der Waals surface area (Å²) in [5, 5.41) is 10.0. The number of aromatic nitrogens is 3. The molecule has 0 aliphatic rings. The summed E-state index contributed by atoms with van der Waals surface area (Å²) < 4.78 is 0. The molecule has 6 heteroatoms. The summed E-state index contributed by atoms with van der Waals surface area (Å²) in [6.45, 7) is 2.43. The molecular formula is C13H15ClN4O. The molecule has 0 atom stereocenters. The number of rotatable bonds is 5. The molecule has 0 saturated heterocycles. The van der Waals surface area contributed by atoms with E-state index in [0.717, 1.165) is 24.2 Å². The summed E-state index contributed by atoms with van der Waals surface area (Å²) in [6, 6.07) is 5.32. The van der Waals surface area contributed by atoms with Crippen LogP contribution in [0.1, 0.15) is 28.2 Å². The lowest BCUT2D eigenvalue weighted by Crippen LogP contribution is -2.25. The number of hydrogen-bond acceptors (Lipinski definition) is 3. The van der Waals surface area contributed by atoms with Crippen LogP contribution in [0.5, 0.6) is 0 Å². The third kappa shape index (κ3) is 3.54. The topological polar surface area (TPSA) is 70.7 Å². The summed E-state index contributed by atoms with van der Waals surface area (Å²) in [6.07, 6.45) is 3.04. The van der Waals surface area contributed by atoms with Gasteiger partial charge in [0, 0.05) is 23.6 Å². The molecule has 0 spiro atoms. The van der Waals surface area contributed by atoms with Gasteiger partial charge >= 0.3 is 0 Å². The third-order valence-electron chi connectivity index (χ3n) is 2.85. The van der Waals surface area contributed by atoms with Gasteiger partial charge in [0.1, 0.15) is 12.2 Å². The van der Waals surface area contributed by atoms with Crippen LogP contribution in [0.2, 0.25) is 5.02 Å². The highest BCUT2D eigenvalue weighted by molar-refractivity contribution is 6.31. The highest BCUT2D eigenvalue weighted by atomic mass is 35.5. The van der Waals surface area contributed by atoms with Crippen LogP contribution in [0.15, 0.2) is 24.5 Å². The Morgan fingerprint density at radius 1 is 1.47 bits per heavy atom. The lowest BCUT2D eigenvalue weighted by Gasteiger charge is -2.08. The van der Waals surface area contributed by atoms with Crippen molar-refractivity contribution in [3.05, 3.63) is 46.5 Å². The van der Waals surface area contributed by atoms with Crippen molar-refractivity contribution in [2.75, 3.05) is 6.54 Å². The summed E-state index contributed by atoms with van der Waals surface area (Å²) in [7, 11) is 0. The fraction of sp³-hybridized carbons (Fsp3) is 0.308. The second kappa shape index (κ2) is 6.33. The van der Waals surface area contributed by atoms with Gasteiger partial charge in [0.05, 0.1) is 0 Å². The maximum absolute atomic E-state index is 12.0. The molecule has 2 aromatic rings. The van der Waals surface area contributed by atoms with Gasteiger partial charge in [-0.2, -0.15) is 5.10 Å². The lowest BCUT2D eigenvalue weighted by molar-refractivity contribution is 0.0952. The number of hydrogen-bond donors (Lipinski definition) is 2. The van der Waals surface area contributed by atoms with Gasteiger partial charge in [-0.05, 0) is 31.0 Å². The Kier molecular flexibility index (Phi) is 4.52.